The van der Waals surface area contributed by atoms with Gasteiger partial charge in [-0.25, -0.2) is 9.97 Å². The molecule has 0 radical (unpaired) electrons. The lowest BCUT2D eigenvalue weighted by Crippen LogP contribution is -2.15. The Morgan fingerprint density at radius 2 is 1.70 bits per heavy atom. The summed E-state index contributed by atoms with van der Waals surface area (Å²) < 4.78 is 0. The Morgan fingerprint density at radius 3 is 2.33 bits per heavy atom. The fourth-order valence-electron chi connectivity index (χ4n) is 2.80. The lowest BCUT2D eigenvalue weighted by Gasteiger charge is -2.11. The summed E-state index contributed by atoms with van der Waals surface area (Å²) in [5.74, 6) is 1.26. The Labute approximate surface area is 173 Å². The molecular formula is C19H11N9OS. The smallest absolute Gasteiger partial charge is 0.267 e. The standard InChI is InChI=1S/C19H11N9OS/c20-8-13-16(11-2-4-12(5-3-11)17-22-6-1-7-23-17)14(9-21)19(24-18(13)29)30-10-15-25-27-28-26-15/h1-7H,10H2,(H,24,29)(H,25,26,27,28). The first kappa shape index (κ1) is 19.0. The first-order valence-electron chi connectivity index (χ1n) is 8.54. The summed E-state index contributed by atoms with van der Waals surface area (Å²) in [5.41, 5.74) is 1.11. The molecule has 144 valence electrons. The van der Waals surface area contributed by atoms with E-state index in [9.17, 15) is 15.3 Å². The lowest BCUT2D eigenvalue weighted by molar-refractivity contribution is 0.881. The van der Waals surface area contributed by atoms with Crippen LogP contribution in [0.2, 0.25) is 0 Å². The number of tetrazole rings is 1. The van der Waals surface area contributed by atoms with Gasteiger partial charge in [-0.15, -0.1) is 10.2 Å². The zero-order valence-electron chi connectivity index (χ0n) is 15.2. The van der Waals surface area contributed by atoms with Gasteiger partial charge in [0.1, 0.15) is 17.7 Å². The van der Waals surface area contributed by atoms with Gasteiger partial charge in [-0.1, -0.05) is 41.2 Å². The van der Waals surface area contributed by atoms with Crippen LogP contribution in [-0.4, -0.2) is 35.6 Å². The van der Waals surface area contributed by atoms with Crippen molar-refractivity contribution in [3.8, 4) is 34.7 Å². The Hall–Kier alpha value is -4.35. The van der Waals surface area contributed by atoms with Crippen molar-refractivity contribution in [1.82, 2.24) is 35.6 Å². The van der Waals surface area contributed by atoms with E-state index in [0.717, 1.165) is 5.56 Å². The van der Waals surface area contributed by atoms with E-state index in [4.69, 9.17) is 0 Å². The molecule has 0 unspecified atom stereocenters. The van der Waals surface area contributed by atoms with Crippen molar-refractivity contribution in [3.05, 3.63) is 70.0 Å². The molecule has 2 N–H and O–H groups in total. The minimum Gasteiger partial charge on any atom is -0.315 e. The molecule has 11 heteroatoms. The second kappa shape index (κ2) is 8.34. The number of aromatic amines is 2. The number of hydrogen-bond donors (Lipinski definition) is 2. The molecule has 0 aliphatic rings. The minimum atomic E-state index is -0.572. The molecule has 10 nitrogen and oxygen atoms in total. The summed E-state index contributed by atoms with van der Waals surface area (Å²) in [5, 5.41) is 33.2. The molecule has 0 saturated carbocycles. The average molecular weight is 413 g/mol. The summed E-state index contributed by atoms with van der Waals surface area (Å²) >= 11 is 1.18. The second-order valence-corrected chi connectivity index (χ2v) is 6.88. The van der Waals surface area contributed by atoms with Crippen molar-refractivity contribution in [2.24, 2.45) is 0 Å². The number of thioether (sulfide) groups is 1. The highest BCUT2D eigenvalue weighted by atomic mass is 32.2. The monoisotopic (exact) mass is 413 g/mol. The van der Waals surface area contributed by atoms with E-state index >= 15 is 0 Å². The van der Waals surface area contributed by atoms with Crippen LogP contribution >= 0.6 is 11.8 Å². The fraction of sp³-hybridized carbons (Fsp3) is 0.0526. The Morgan fingerprint density at radius 1 is 1.00 bits per heavy atom. The van der Waals surface area contributed by atoms with Gasteiger partial charge in [-0.05, 0) is 11.6 Å². The van der Waals surface area contributed by atoms with Gasteiger partial charge in [-0.2, -0.15) is 15.7 Å². The summed E-state index contributed by atoms with van der Waals surface area (Å²) in [6.45, 7) is 0. The van der Waals surface area contributed by atoms with Gasteiger partial charge in [0.2, 0.25) is 0 Å². The highest BCUT2D eigenvalue weighted by Gasteiger charge is 2.20. The number of H-pyrrole nitrogens is 2. The van der Waals surface area contributed by atoms with Crippen LogP contribution < -0.4 is 5.56 Å². The van der Waals surface area contributed by atoms with Crippen molar-refractivity contribution in [3.63, 3.8) is 0 Å². The van der Waals surface area contributed by atoms with Gasteiger partial charge in [0, 0.05) is 23.5 Å². The van der Waals surface area contributed by atoms with Crippen LogP contribution in [0.1, 0.15) is 17.0 Å². The van der Waals surface area contributed by atoms with E-state index in [1.807, 2.05) is 6.07 Å². The van der Waals surface area contributed by atoms with Crippen molar-refractivity contribution < 1.29 is 0 Å². The predicted molar refractivity (Wildman–Crippen MR) is 107 cm³/mol. The molecule has 4 rings (SSSR count). The van der Waals surface area contributed by atoms with Gasteiger partial charge in [0.25, 0.3) is 5.56 Å². The number of nitrogens with zero attached hydrogens (tertiary/aromatic N) is 7. The summed E-state index contributed by atoms with van der Waals surface area (Å²) in [6, 6.07) is 12.8. The van der Waals surface area contributed by atoms with E-state index in [1.165, 1.54) is 11.8 Å². The molecule has 0 fully saturated rings. The summed E-state index contributed by atoms with van der Waals surface area (Å²) in [7, 11) is 0. The number of nitriles is 2. The maximum atomic E-state index is 12.5. The molecule has 0 bridgehead atoms. The minimum absolute atomic E-state index is 0.126. The third kappa shape index (κ3) is 3.65. The average Bonchev–Trinajstić information content (AvgIpc) is 3.31. The Kier molecular flexibility index (Phi) is 5.28. The molecule has 0 aliphatic carbocycles. The van der Waals surface area contributed by atoms with E-state index in [0.29, 0.717) is 22.2 Å². The molecule has 3 aromatic heterocycles. The fourth-order valence-corrected chi connectivity index (χ4v) is 3.66. The normalized spacial score (nSPS) is 10.3. The zero-order valence-corrected chi connectivity index (χ0v) is 16.0. The quantitative estimate of drug-likeness (QED) is 0.466. The second-order valence-electron chi connectivity index (χ2n) is 5.90. The van der Waals surface area contributed by atoms with Crippen LogP contribution in [0.3, 0.4) is 0 Å². The largest absolute Gasteiger partial charge is 0.315 e. The number of hydrogen-bond acceptors (Lipinski definition) is 9. The molecule has 3 heterocycles. The first-order valence-corrected chi connectivity index (χ1v) is 9.53. The molecule has 0 saturated heterocycles. The van der Waals surface area contributed by atoms with Gasteiger partial charge < -0.3 is 4.98 Å². The summed E-state index contributed by atoms with van der Waals surface area (Å²) in [6.07, 6.45) is 3.28. The third-order valence-electron chi connectivity index (χ3n) is 4.14. The molecule has 4 aromatic rings. The molecular weight excluding hydrogens is 402 g/mol. The number of pyridine rings is 1. The Bertz CT molecular complexity index is 1320. The zero-order chi connectivity index (χ0) is 20.9. The number of rotatable bonds is 5. The Balaban J connectivity index is 1.79. The number of benzene rings is 1. The first-order chi connectivity index (χ1) is 14.7. The molecule has 1 aromatic carbocycles. The van der Waals surface area contributed by atoms with Gasteiger partial charge in [0.05, 0.1) is 16.3 Å². The molecule has 0 aliphatic heterocycles. The van der Waals surface area contributed by atoms with Crippen LogP contribution in [-0.2, 0) is 5.75 Å². The van der Waals surface area contributed by atoms with E-state index < -0.39 is 5.56 Å². The SMILES string of the molecule is N#Cc1c(SCc2nn[nH]n2)[nH]c(=O)c(C#N)c1-c1ccc(-c2ncccn2)cc1. The van der Waals surface area contributed by atoms with Gasteiger partial charge in [0.15, 0.2) is 11.6 Å². The van der Waals surface area contributed by atoms with E-state index in [2.05, 4.69) is 41.6 Å². The molecule has 30 heavy (non-hydrogen) atoms. The van der Waals surface area contributed by atoms with Gasteiger partial charge >= 0.3 is 0 Å². The van der Waals surface area contributed by atoms with Crippen molar-refractivity contribution >= 4 is 11.8 Å². The van der Waals surface area contributed by atoms with Crippen molar-refractivity contribution in [2.75, 3.05) is 0 Å². The van der Waals surface area contributed by atoms with E-state index in [1.54, 1.807) is 42.7 Å². The van der Waals surface area contributed by atoms with Crippen molar-refractivity contribution in [2.45, 2.75) is 10.8 Å². The predicted octanol–water partition coefficient (Wildman–Crippen LogP) is 2.05. The maximum Gasteiger partial charge on any atom is 0.267 e. The summed E-state index contributed by atoms with van der Waals surface area (Å²) in [4.78, 5) is 23.5. The number of nitrogens with one attached hydrogen (secondary N) is 2. The molecule has 0 spiro atoms. The van der Waals surface area contributed by atoms with Crippen LogP contribution in [0.4, 0.5) is 0 Å². The van der Waals surface area contributed by atoms with Crippen LogP contribution in [0.5, 0.6) is 0 Å². The molecule has 0 amide bonds. The van der Waals surface area contributed by atoms with Gasteiger partial charge in [-0.3, -0.25) is 4.79 Å². The lowest BCUT2D eigenvalue weighted by atomic mass is 9.96. The highest BCUT2D eigenvalue weighted by molar-refractivity contribution is 7.98. The maximum absolute atomic E-state index is 12.5. The van der Waals surface area contributed by atoms with E-state index in [-0.39, 0.29) is 22.4 Å². The van der Waals surface area contributed by atoms with Crippen LogP contribution in [0.15, 0.2) is 52.5 Å². The highest BCUT2D eigenvalue weighted by Crippen LogP contribution is 2.32. The molecule has 0 atom stereocenters. The van der Waals surface area contributed by atoms with Crippen LogP contribution in [0.25, 0.3) is 22.5 Å². The number of aromatic nitrogens is 7. The van der Waals surface area contributed by atoms with Crippen molar-refractivity contribution in [1.29, 1.82) is 10.5 Å². The third-order valence-corrected chi connectivity index (χ3v) is 5.13. The topological polar surface area (TPSA) is 161 Å². The van der Waals surface area contributed by atoms with Crippen LogP contribution in [0, 0.1) is 22.7 Å².